The first-order valence-electron chi connectivity index (χ1n) is 7.52. The zero-order chi connectivity index (χ0) is 16.8. The second-order valence-corrected chi connectivity index (χ2v) is 5.63. The first-order chi connectivity index (χ1) is 11.7. The molecule has 0 aromatic heterocycles. The number of hydrogen-bond acceptors (Lipinski definition) is 2. The van der Waals surface area contributed by atoms with Gasteiger partial charge in [-0.25, -0.2) is 0 Å². The summed E-state index contributed by atoms with van der Waals surface area (Å²) in [7, 11) is 0. The van der Waals surface area contributed by atoms with E-state index in [4.69, 9.17) is 16.3 Å². The Balaban J connectivity index is 1.72. The smallest absolute Gasteiger partial charge is 0.185 e. The fourth-order valence-electron chi connectivity index (χ4n) is 2.19. The van der Waals surface area contributed by atoms with Crippen LogP contribution in [0.3, 0.4) is 0 Å². The van der Waals surface area contributed by atoms with E-state index in [9.17, 15) is 4.79 Å². The van der Waals surface area contributed by atoms with E-state index in [1.165, 1.54) is 0 Å². The quantitative estimate of drug-likeness (QED) is 0.420. The zero-order valence-electron chi connectivity index (χ0n) is 12.9. The van der Waals surface area contributed by atoms with Crippen molar-refractivity contribution in [2.24, 2.45) is 0 Å². The molecule has 3 rings (SSSR count). The molecule has 3 aromatic carbocycles. The Morgan fingerprint density at radius 3 is 2.33 bits per heavy atom. The predicted octanol–water partition coefficient (Wildman–Crippen LogP) is 6.03. The number of rotatable bonds is 5. The van der Waals surface area contributed by atoms with Crippen LogP contribution in [0.5, 0.6) is 11.5 Å². The summed E-state index contributed by atoms with van der Waals surface area (Å²) in [5.74, 6) is 1.38. The average Bonchev–Trinajstić information content (AvgIpc) is 2.63. The van der Waals surface area contributed by atoms with Gasteiger partial charge in [-0.05, 0) is 48.0 Å². The normalized spacial score (nSPS) is 10.7. The molecule has 0 aliphatic rings. The Morgan fingerprint density at radius 2 is 1.58 bits per heavy atom. The van der Waals surface area contributed by atoms with Crippen LogP contribution in [0.4, 0.5) is 0 Å². The highest BCUT2D eigenvalue weighted by atomic mass is 35.5. The van der Waals surface area contributed by atoms with E-state index in [1.807, 2.05) is 54.6 Å². The second-order valence-electron chi connectivity index (χ2n) is 5.19. The second kappa shape index (κ2) is 7.62. The van der Waals surface area contributed by atoms with Crippen molar-refractivity contribution in [3.63, 3.8) is 0 Å². The van der Waals surface area contributed by atoms with Crippen molar-refractivity contribution in [2.75, 3.05) is 0 Å². The monoisotopic (exact) mass is 334 g/mol. The number of carbonyl (C=O) groups is 1. The van der Waals surface area contributed by atoms with Crippen LogP contribution in [0.1, 0.15) is 15.9 Å². The number of ketones is 1. The van der Waals surface area contributed by atoms with Crippen LogP contribution in [-0.2, 0) is 0 Å². The summed E-state index contributed by atoms with van der Waals surface area (Å²) < 4.78 is 5.79. The van der Waals surface area contributed by atoms with Crippen molar-refractivity contribution in [3.05, 3.63) is 101 Å². The van der Waals surface area contributed by atoms with Crippen LogP contribution in [0, 0.1) is 0 Å². The van der Waals surface area contributed by atoms with Gasteiger partial charge < -0.3 is 4.74 Å². The Morgan fingerprint density at radius 1 is 0.833 bits per heavy atom. The third-order valence-electron chi connectivity index (χ3n) is 3.39. The molecule has 3 heteroatoms. The average molecular weight is 335 g/mol. The van der Waals surface area contributed by atoms with Crippen molar-refractivity contribution in [1.82, 2.24) is 0 Å². The molecule has 0 N–H and O–H groups in total. The summed E-state index contributed by atoms with van der Waals surface area (Å²) in [6.07, 6.45) is 3.35. The highest BCUT2D eigenvalue weighted by molar-refractivity contribution is 6.30. The number of allylic oxidation sites excluding steroid dienone is 1. The van der Waals surface area contributed by atoms with Gasteiger partial charge >= 0.3 is 0 Å². The molecule has 0 radical (unpaired) electrons. The van der Waals surface area contributed by atoms with Gasteiger partial charge in [0.2, 0.25) is 0 Å². The molecule has 0 bridgehead atoms. The van der Waals surface area contributed by atoms with Gasteiger partial charge in [-0.15, -0.1) is 0 Å². The molecule has 24 heavy (non-hydrogen) atoms. The molecule has 0 spiro atoms. The predicted molar refractivity (Wildman–Crippen MR) is 97.8 cm³/mol. The maximum absolute atomic E-state index is 12.1. The van der Waals surface area contributed by atoms with E-state index in [2.05, 4.69) is 0 Å². The first kappa shape index (κ1) is 16.0. The molecule has 3 aromatic rings. The molecule has 0 fully saturated rings. The van der Waals surface area contributed by atoms with Gasteiger partial charge in [0, 0.05) is 10.6 Å². The van der Waals surface area contributed by atoms with Gasteiger partial charge in [-0.2, -0.15) is 0 Å². The summed E-state index contributed by atoms with van der Waals surface area (Å²) in [5.41, 5.74) is 1.56. The number of hydrogen-bond donors (Lipinski definition) is 0. The molecule has 0 saturated carbocycles. The van der Waals surface area contributed by atoms with Crippen molar-refractivity contribution in [2.45, 2.75) is 0 Å². The summed E-state index contributed by atoms with van der Waals surface area (Å²) in [5, 5.41) is 0.665. The van der Waals surface area contributed by atoms with E-state index in [0.29, 0.717) is 22.1 Å². The number of halogens is 1. The minimum absolute atomic E-state index is 0.0281. The summed E-state index contributed by atoms with van der Waals surface area (Å²) in [6, 6.07) is 23.9. The van der Waals surface area contributed by atoms with Gasteiger partial charge in [-0.3, -0.25) is 4.79 Å². The van der Waals surface area contributed by atoms with Gasteiger partial charge in [0.1, 0.15) is 11.5 Å². The summed E-state index contributed by atoms with van der Waals surface area (Å²) in [6.45, 7) is 0. The van der Waals surface area contributed by atoms with Gasteiger partial charge in [0.25, 0.3) is 0 Å². The third-order valence-corrected chi connectivity index (χ3v) is 3.64. The molecular weight excluding hydrogens is 320 g/mol. The molecule has 118 valence electrons. The fraction of sp³-hybridized carbons (Fsp3) is 0. The Labute approximate surface area is 146 Å². The van der Waals surface area contributed by atoms with Crippen LogP contribution in [0.2, 0.25) is 5.02 Å². The van der Waals surface area contributed by atoms with E-state index < -0.39 is 0 Å². The maximum Gasteiger partial charge on any atom is 0.185 e. The van der Waals surface area contributed by atoms with Gasteiger partial charge in [0.15, 0.2) is 5.78 Å². The SMILES string of the molecule is O=C(C=Cc1cccc(Oc2ccc(Cl)cc2)c1)c1ccccc1. The van der Waals surface area contributed by atoms with Crippen LogP contribution >= 0.6 is 11.6 Å². The van der Waals surface area contributed by atoms with Crippen LogP contribution in [-0.4, -0.2) is 5.78 Å². The van der Waals surface area contributed by atoms with E-state index in [-0.39, 0.29) is 5.78 Å². The Kier molecular flexibility index (Phi) is 5.09. The lowest BCUT2D eigenvalue weighted by Crippen LogP contribution is -1.92. The number of benzene rings is 3. The van der Waals surface area contributed by atoms with E-state index in [0.717, 1.165) is 5.56 Å². The molecule has 2 nitrogen and oxygen atoms in total. The number of carbonyl (C=O) groups excluding carboxylic acids is 1. The molecule has 0 atom stereocenters. The molecule has 0 saturated heterocycles. The highest BCUT2D eigenvalue weighted by Crippen LogP contribution is 2.24. The standard InChI is InChI=1S/C21H15ClO2/c22-18-10-12-19(13-11-18)24-20-8-4-5-16(15-20)9-14-21(23)17-6-2-1-3-7-17/h1-15H. The van der Waals surface area contributed by atoms with Gasteiger partial charge in [0.05, 0.1) is 0 Å². The number of ether oxygens (including phenoxy) is 1. The lowest BCUT2D eigenvalue weighted by Gasteiger charge is -2.06. The minimum Gasteiger partial charge on any atom is -0.457 e. The maximum atomic E-state index is 12.1. The van der Waals surface area contributed by atoms with Crippen LogP contribution < -0.4 is 4.74 Å². The lowest BCUT2D eigenvalue weighted by atomic mass is 10.1. The molecule has 0 heterocycles. The fourth-order valence-corrected chi connectivity index (χ4v) is 2.32. The van der Waals surface area contributed by atoms with Crippen molar-refractivity contribution in [1.29, 1.82) is 0 Å². The van der Waals surface area contributed by atoms with Gasteiger partial charge in [-0.1, -0.05) is 60.1 Å². The molecule has 0 aliphatic carbocycles. The van der Waals surface area contributed by atoms with Crippen molar-refractivity contribution < 1.29 is 9.53 Å². The first-order valence-corrected chi connectivity index (χ1v) is 7.89. The topological polar surface area (TPSA) is 26.3 Å². The Bertz CT molecular complexity index is 853. The zero-order valence-corrected chi connectivity index (χ0v) is 13.6. The highest BCUT2D eigenvalue weighted by Gasteiger charge is 2.01. The van der Waals surface area contributed by atoms with Crippen molar-refractivity contribution >= 4 is 23.5 Å². The Hall–Kier alpha value is -2.84. The van der Waals surface area contributed by atoms with E-state index in [1.54, 1.807) is 36.4 Å². The molecule has 0 aliphatic heterocycles. The summed E-state index contributed by atoms with van der Waals surface area (Å²) in [4.78, 5) is 12.1. The molecule has 0 unspecified atom stereocenters. The summed E-state index contributed by atoms with van der Waals surface area (Å²) >= 11 is 5.86. The van der Waals surface area contributed by atoms with Crippen LogP contribution in [0.15, 0.2) is 84.9 Å². The van der Waals surface area contributed by atoms with Crippen LogP contribution in [0.25, 0.3) is 6.08 Å². The molecule has 0 amide bonds. The van der Waals surface area contributed by atoms with Crippen molar-refractivity contribution in [3.8, 4) is 11.5 Å². The lowest BCUT2D eigenvalue weighted by molar-refractivity contribution is 0.104. The van der Waals surface area contributed by atoms with E-state index >= 15 is 0 Å². The third kappa shape index (κ3) is 4.34. The largest absolute Gasteiger partial charge is 0.457 e. The minimum atomic E-state index is -0.0281. The molecular formula is C21H15ClO2.